The largest absolute Gasteiger partial charge is 0.357 e. The lowest BCUT2D eigenvalue weighted by atomic mass is 9.99. The molecular formula is C16H34N4S. The van der Waals surface area contributed by atoms with Gasteiger partial charge in [-0.3, -0.25) is 9.89 Å². The molecule has 21 heavy (non-hydrogen) atoms. The standard InChI is InChI=1S/C16H34N4S/c1-5-17-15(18-10-9-13-21-4)19-14-16(2,3)20-11-7-6-8-12-20/h5-14H2,1-4H3,(H2,17,18,19). The van der Waals surface area contributed by atoms with Crippen LogP contribution < -0.4 is 10.6 Å². The third kappa shape index (κ3) is 7.41. The fourth-order valence-corrected chi connectivity index (χ4v) is 3.07. The zero-order valence-electron chi connectivity index (χ0n) is 14.4. The molecule has 0 atom stereocenters. The van der Waals surface area contributed by atoms with E-state index >= 15 is 0 Å². The van der Waals surface area contributed by atoms with Gasteiger partial charge >= 0.3 is 0 Å². The first-order valence-corrected chi connectivity index (χ1v) is 9.75. The van der Waals surface area contributed by atoms with Crippen LogP contribution in [0.3, 0.4) is 0 Å². The molecule has 4 nitrogen and oxygen atoms in total. The fraction of sp³-hybridized carbons (Fsp3) is 0.938. The zero-order chi connectivity index (χ0) is 15.6. The Morgan fingerprint density at radius 3 is 2.52 bits per heavy atom. The summed E-state index contributed by atoms with van der Waals surface area (Å²) in [5.74, 6) is 2.16. The molecule has 1 saturated heterocycles. The van der Waals surface area contributed by atoms with Gasteiger partial charge in [-0.1, -0.05) is 6.42 Å². The van der Waals surface area contributed by atoms with E-state index in [2.05, 4.69) is 42.6 Å². The number of rotatable bonds is 8. The molecule has 1 rings (SSSR count). The minimum absolute atomic E-state index is 0.155. The maximum absolute atomic E-state index is 4.80. The lowest BCUT2D eigenvalue weighted by molar-refractivity contribution is 0.102. The van der Waals surface area contributed by atoms with Crippen molar-refractivity contribution in [1.82, 2.24) is 15.5 Å². The highest BCUT2D eigenvalue weighted by atomic mass is 32.2. The molecule has 0 unspecified atom stereocenters. The van der Waals surface area contributed by atoms with Gasteiger partial charge in [0.1, 0.15) is 0 Å². The lowest BCUT2D eigenvalue weighted by Gasteiger charge is -2.40. The SMILES string of the molecule is CCNC(=NCC(C)(C)N1CCCCC1)NCCCSC. The Bertz CT molecular complexity index is 299. The van der Waals surface area contributed by atoms with Crippen molar-refractivity contribution in [3.63, 3.8) is 0 Å². The first-order valence-electron chi connectivity index (χ1n) is 8.36. The number of likely N-dealkylation sites (tertiary alicyclic amines) is 1. The summed E-state index contributed by atoms with van der Waals surface area (Å²) in [4.78, 5) is 7.40. The highest BCUT2D eigenvalue weighted by Gasteiger charge is 2.27. The van der Waals surface area contributed by atoms with Crippen molar-refractivity contribution in [2.75, 3.05) is 44.7 Å². The molecule has 0 radical (unpaired) electrons. The van der Waals surface area contributed by atoms with E-state index in [1.165, 1.54) is 44.5 Å². The van der Waals surface area contributed by atoms with E-state index in [-0.39, 0.29) is 5.54 Å². The van der Waals surface area contributed by atoms with Gasteiger partial charge in [0, 0.05) is 18.6 Å². The second-order valence-electron chi connectivity index (χ2n) is 6.33. The van der Waals surface area contributed by atoms with Gasteiger partial charge in [-0.2, -0.15) is 11.8 Å². The molecule has 0 aromatic carbocycles. The Labute approximate surface area is 135 Å². The van der Waals surface area contributed by atoms with E-state index in [1.807, 2.05) is 11.8 Å². The summed E-state index contributed by atoms with van der Waals surface area (Å²) in [5.41, 5.74) is 0.155. The Morgan fingerprint density at radius 2 is 1.90 bits per heavy atom. The van der Waals surface area contributed by atoms with Crippen molar-refractivity contribution < 1.29 is 0 Å². The van der Waals surface area contributed by atoms with Crippen molar-refractivity contribution in [1.29, 1.82) is 0 Å². The van der Waals surface area contributed by atoms with Gasteiger partial charge in [0.25, 0.3) is 0 Å². The van der Waals surface area contributed by atoms with Crippen molar-refractivity contribution in [2.45, 2.75) is 52.0 Å². The van der Waals surface area contributed by atoms with Crippen LogP contribution in [0.25, 0.3) is 0 Å². The van der Waals surface area contributed by atoms with Crippen molar-refractivity contribution in [2.24, 2.45) is 4.99 Å². The molecular weight excluding hydrogens is 280 g/mol. The summed E-state index contributed by atoms with van der Waals surface area (Å²) >= 11 is 1.90. The molecule has 1 heterocycles. The summed E-state index contributed by atoms with van der Waals surface area (Å²) in [5, 5.41) is 6.79. The van der Waals surface area contributed by atoms with Crippen molar-refractivity contribution >= 4 is 17.7 Å². The number of nitrogens with one attached hydrogen (secondary N) is 2. The van der Waals surface area contributed by atoms with Gasteiger partial charge in [0.15, 0.2) is 5.96 Å². The highest BCUT2D eigenvalue weighted by Crippen LogP contribution is 2.20. The summed E-state index contributed by atoms with van der Waals surface area (Å²) < 4.78 is 0. The molecule has 0 aromatic heterocycles. The molecule has 0 saturated carbocycles. The highest BCUT2D eigenvalue weighted by molar-refractivity contribution is 7.98. The van der Waals surface area contributed by atoms with E-state index in [4.69, 9.17) is 4.99 Å². The molecule has 0 aromatic rings. The Hall–Kier alpha value is -0.420. The Morgan fingerprint density at radius 1 is 1.19 bits per heavy atom. The minimum atomic E-state index is 0.155. The zero-order valence-corrected chi connectivity index (χ0v) is 15.2. The molecule has 0 spiro atoms. The van der Waals surface area contributed by atoms with Crippen LogP contribution in [0.5, 0.6) is 0 Å². The number of hydrogen-bond acceptors (Lipinski definition) is 3. The quantitative estimate of drug-likeness (QED) is 0.410. The van der Waals surface area contributed by atoms with E-state index in [0.717, 1.165) is 25.6 Å². The number of hydrogen-bond donors (Lipinski definition) is 2. The van der Waals surface area contributed by atoms with Crippen LogP contribution in [0.4, 0.5) is 0 Å². The van der Waals surface area contributed by atoms with E-state index < -0.39 is 0 Å². The third-order valence-electron chi connectivity index (χ3n) is 4.00. The van der Waals surface area contributed by atoms with E-state index in [9.17, 15) is 0 Å². The fourth-order valence-electron chi connectivity index (χ4n) is 2.64. The van der Waals surface area contributed by atoms with Crippen molar-refractivity contribution in [3.8, 4) is 0 Å². The molecule has 5 heteroatoms. The molecule has 0 amide bonds. The molecule has 1 aliphatic rings. The molecule has 124 valence electrons. The van der Waals surface area contributed by atoms with Crippen LogP contribution in [-0.4, -0.2) is 61.1 Å². The molecule has 0 bridgehead atoms. The second kappa shape index (κ2) is 10.3. The van der Waals surface area contributed by atoms with Crippen LogP contribution in [-0.2, 0) is 0 Å². The van der Waals surface area contributed by atoms with Crippen LogP contribution in [0.15, 0.2) is 4.99 Å². The van der Waals surface area contributed by atoms with Crippen LogP contribution >= 0.6 is 11.8 Å². The summed E-state index contributed by atoms with van der Waals surface area (Å²) in [6, 6.07) is 0. The topological polar surface area (TPSA) is 39.7 Å². The molecule has 2 N–H and O–H groups in total. The van der Waals surface area contributed by atoms with E-state index in [1.54, 1.807) is 0 Å². The number of thioether (sulfide) groups is 1. The first-order chi connectivity index (χ1) is 10.1. The number of guanidine groups is 1. The number of aliphatic imine (C=N–C) groups is 1. The normalized spacial score (nSPS) is 17.8. The molecule has 0 aliphatic carbocycles. The molecule has 1 fully saturated rings. The second-order valence-corrected chi connectivity index (χ2v) is 7.31. The van der Waals surface area contributed by atoms with Crippen LogP contribution in [0.2, 0.25) is 0 Å². The van der Waals surface area contributed by atoms with Crippen LogP contribution in [0, 0.1) is 0 Å². The predicted molar refractivity (Wildman–Crippen MR) is 96.5 cm³/mol. The van der Waals surface area contributed by atoms with Gasteiger partial charge < -0.3 is 10.6 Å². The Balaban J connectivity index is 2.46. The molecule has 1 aliphatic heterocycles. The van der Waals surface area contributed by atoms with E-state index in [0.29, 0.717) is 0 Å². The van der Waals surface area contributed by atoms with Gasteiger partial charge in [0.2, 0.25) is 0 Å². The number of piperidine rings is 1. The van der Waals surface area contributed by atoms with Gasteiger partial charge in [-0.15, -0.1) is 0 Å². The van der Waals surface area contributed by atoms with Gasteiger partial charge in [-0.25, -0.2) is 0 Å². The Kier molecular flexibility index (Phi) is 9.16. The third-order valence-corrected chi connectivity index (χ3v) is 4.70. The summed E-state index contributed by atoms with van der Waals surface area (Å²) in [6.45, 7) is 12.0. The predicted octanol–water partition coefficient (Wildman–Crippen LogP) is 2.56. The summed E-state index contributed by atoms with van der Waals surface area (Å²) in [6.07, 6.45) is 7.39. The average Bonchev–Trinajstić information content (AvgIpc) is 2.50. The van der Waals surface area contributed by atoms with Gasteiger partial charge in [-0.05, 0) is 65.1 Å². The minimum Gasteiger partial charge on any atom is -0.357 e. The monoisotopic (exact) mass is 314 g/mol. The first kappa shape index (κ1) is 18.6. The van der Waals surface area contributed by atoms with Crippen molar-refractivity contribution in [3.05, 3.63) is 0 Å². The lowest BCUT2D eigenvalue weighted by Crippen LogP contribution is -2.49. The number of nitrogens with zero attached hydrogens (tertiary/aromatic N) is 2. The average molecular weight is 315 g/mol. The smallest absolute Gasteiger partial charge is 0.191 e. The maximum atomic E-state index is 4.80. The maximum Gasteiger partial charge on any atom is 0.191 e. The van der Waals surface area contributed by atoms with Crippen LogP contribution in [0.1, 0.15) is 46.5 Å². The summed E-state index contributed by atoms with van der Waals surface area (Å²) in [7, 11) is 0. The van der Waals surface area contributed by atoms with Gasteiger partial charge in [0.05, 0.1) is 6.54 Å².